The van der Waals surface area contributed by atoms with E-state index in [4.69, 9.17) is 10.5 Å². The van der Waals surface area contributed by atoms with Crippen molar-refractivity contribution in [2.45, 2.75) is 39.7 Å². The monoisotopic (exact) mass is 270 g/mol. The highest BCUT2D eigenvalue weighted by Crippen LogP contribution is 2.30. The first-order valence-corrected chi connectivity index (χ1v) is 6.83. The maximum atomic E-state index is 5.90. The number of benzene rings is 1. The highest BCUT2D eigenvalue weighted by Gasteiger charge is 2.15. The van der Waals surface area contributed by atoms with Crippen LogP contribution in [0.3, 0.4) is 0 Å². The van der Waals surface area contributed by atoms with E-state index in [1.807, 2.05) is 12.1 Å². The zero-order valence-electron chi connectivity index (χ0n) is 12.6. The van der Waals surface area contributed by atoms with Crippen LogP contribution in [0.25, 0.3) is 0 Å². The van der Waals surface area contributed by atoms with E-state index in [9.17, 15) is 0 Å². The van der Waals surface area contributed by atoms with Crippen LogP contribution < -0.4 is 10.5 Å². The van der Waals surface area contributed by atoms with Crippen molar-refractivity contribution in [2.75, 3.05) is 0 Å². The molecule has 0 bridgehead atoms. The van der Waals surface area contributed by atoms with Gasteiger partial charge >= 0.3 is 0 Å². The van der Waals surface area contributed by atoms with Crippen LogP contribution >= 0.6 is 0 Å². The van der Waals surface area contributed by atoms with Gasteiger partial charge in [0.1, 0.15) is 11.5 Å². The van der Waals surface area contributed by atoms with Gasteiger partial charge in [0.25, 0.3) is 0 Å². The maximum Gasteiger partial charge on any atom is 0.146 e. The Morgan fingerprint density at radius 3 is 2.50 bits per heavy atom. The molecule has 0 saturated heterocycles. The standard InChI is InChI=1S/C17H22N2O/c1-12-7-14(17(2,3)4)5-6-16(12)20-15-8-13(9-18)10-19-11-15/h5-8,10-11H,9,18H2,1-4H3. The van der Waals surface area contributed by atoms with Gasteiger partial charge < -0.3 is 10.5 Å². The number of hydrogen-bond donors (Lipinski definition) is 1. The van der Waals surface area contributed by atoms with E-state index in [-0.39, 0.29) is 5.41 Å². The molecule has 0 atom stereocenters. The lowest BCUT2D eigenvalue weighted by atomic mass is 9.86. The average molecular weight is 270 g/mol. The van der Waals surface area contributed by atoms with Gasteiger partial charge in [0.15, 0.2) is 0 Å². The summed E-state index contributed by atoms with van der Waals surface area (Å²) in [5.74, 6) is 1.58. The van der Waals surface area contributed by atoms with Crippen LogP contribution in [0.5, 0.6) is 11.5 Å². The van der Waals surface area contributed by atoms with Crippen LogP contribution in [-0.4, -0.2) is 4.98 Å². The van der Waals surface area contributed by atoms with Gasteiger partial charge in [0, 0.05) is 12.7 Å². The number of hydrogen-bond acceptors (Lipinski definition) is 3. The fourth-order valence-electron chi connectivity index (χ4n) is 1.99. The Bertz CT molecular complexity index is 600. The molecule has 0 spiro atoms. The Morgan fingerprint density at radius 1 is 1.15 bits per heavy atom. The minimum atomic E-state index is 0.143. The quantitative estimate of drug-likeness (QED) is 0.919. The molecule has 0 aliphatic heterocycles. The van der Waals surface area contributed by atoms with Crippen molar-refractivity contribution >= 4 is 0 Å². The minimum Gasteiger partial charge on any atom is -0.455 e. The molecule has 0 aliphatic carbocycles. The second-order valence-electron chi connectivity index (χ2n) is 6.07. The zero-order valence-corrected chi connectivity index (χ0v) is 12.6. The molecule has 1 aromatic carbocycles. The van der Waals surface area contributed by atoms with Gasteiger partial charge in [-0.2, -0.15) is 0 Å². The third-order valence-corrected chi connectivity index (χ3v) is 3.27. The Kier molecular flexibility index (Phi) is 4.09. The lowest BCUT2D eigenvalue weighted by molar-refractivity contribution is 0.474. The summed E-state index contributed by atoms with van der Waals surface area (Å²) in [5.41, 5.74) is 9.14. The third kappa shape index (κ3) is 3.36. The number of nitrogens with zero attached hydrogens (tertiary/aromatic N) is 1. The van der Waals surface area contributed by atoms with Crippen LogP contribution in [0, 0.1) is 6.92 Å². The summed E-state index contributed by atoms with van der Waals surface area (Å²) in [6, 6.07) is 8.23. The highest BCUT2D eigenvalue weighted by atomic mass is 16.5. The first-order valence-electron chi connectivity index (χ1n) is 6.83. The number of nitrogens with two attached hydrogens (primary N) is 1. The molecule has 2 N–H and O–H groups in total. The molecule has 0 radical (unpaired) electrons. The molecule has 1 heterocycles. The van der Waals surface area contributed by atoms with Gasteiger partial charge in [-0.15, -0.1) is 0 Å². The summed E-state index contributed by atoms with van der Waals surface area (Å²) in [7, 11) is 0. The lowest BCUT2D eigenvalue weighted by Crippen LogP contribution is -2.11. The van der Waals surface area contributed by atoms with Crippen LogP contribution in [0.4, 0.5) is 0 Å². The molecule has 2 rings (SSSR count). The number of ether oxygens (including phenoxy) is 1. The normalized spacial score (nSPS) is 11.4. The van der Waals surface area contributed by atoms with Crippen LogP contribution in [0.1, 0.15) is 37.5 Å². The average Bonchev–Trinajstić information content (AvgIpc) is 2.40. The fraction of sp³-hybridized carbons (Fsp3) is 0.353. The van der Waals surface area contributed by atoms with E-state index in [1.165, 1.54) is 5.56 Å². The largest absolute Gasteiger partial charge is 0.455 e. The number of aromatic nitrogens is 1. The number of rotatable bonds is 3. The summed E-state index contributed by atoms with van der Waals surface area (Å²) in [5, 5.41) is 0. The molecule has 1 aromatic heterocycles. The Labute approximate surface area is 120 Å². The second-order valence-corrected chi connectivity index (χ2v) is 6.07. The number of pyridine rings is 1. The molecule has 106 valence electrons. The molecule has 0 saturated carbocycles. The van der Waals surface area contributed by atoms with E-state index in [0.717, 1.165) is 22.6 Å². The van der Waals surface area contributed by atoms with E-state index >= 15 is 0 Å². The molecule has 0 aliphatic rings. The SMILES string of the molecule is Cc1cc(C(C)(C)C)ccc1Oc1cncc(CN)c1. The predicted molar refractivity (Wildman–Crippen MR) is 82.1 cm³/mol. The Morgan fingerprint density at radius 2 is 1.90 bits per heavy atom. The summed E-state index contributed by atoms with van der Waals surface area (Å²) in [6.07, 6.45) is 3.46. The van der Waals surface area contributed by atoms with Crippen molar-refractivity contribution in [3.05, 3.63) is 53.3 Å². The summed E-state index contributed by atoms with van der Waals surface area (Å²) < 4.78 is 5.90. The van der Waals surface area contributed by atoms with Crippen molar-refractivity contribution in [3.63, 3.8) is 0 Å². The van der Waals surface area contributed by atoms with Gasteiger partial charge in [-0.3, -0.25) is 4.98 Å². The number of aryl methyl sites for hydroxylation is 1. The smallest absolute Gasteiger partial charge is 0.146 e. The highest BCUT2D eigenvalue weighted by molar-refractivity contribution is 5.41. The van der Waals surface area contributed by atoms with Gasteiger partial charge in [-0.1, -0.05) is 32.9 Å². The molecular formula is C17H22N2O. The maximum absolute atomic E-state index is 5.90. The lowest BCUT2D eigenvalue weighted by Gasteiger charge is -2.20. The van der Waals surface area contributed by atoms with Crippen LogP contribution in [0.2, 0.25) is 0 Å². The Hall–Kier alpha value is -1.87. The van der Waals surface area contributed by atoms with Crippen molar-refractivity contribution < 1.29 is 4.74 Å². The molecule has 0 unspecified atom stereocenters. The predicted octanol–water partition coefficient (Wildman–Crippen LogP) is 3.94. The first kappa shape index (κ1) is 14.5. The van der Waals surface area contributed by atoms with E-state index in [2.05, 4.69) is 44.8 Å². The van der Waals surface area contributed by atoms with E-state index in [1.54, 1.807) is 12.4 Å². The molecular weight excluding hydrogens is 248 g/mol. The minimum absolute atomic E-state index is 0.143. The van der Waals surface area contributed by atoms with Gasteiger partial charge in [0.2, 0.25) is 0 Å². The molecule has 3 heteroatoms. The summed E-state index contributed by atoms with van der Waals surface area (Å²) in [4.78, 5) is 4.13. The summed E-state index contributed by atoms with van der Waals surface area (Å²) >= 11 is 0. The van der Waals surface area contributed by atoms with Crippen molar-refractivity contribution in [1.82, 2.24) is 4.98 Å². The fourth-order valence-corrected chi connectivity index (χ4v) is 1.99. The van der Waals surface area contributed by atoms with Crippen molar-refractivity contribution in [3.8, 4) is 11.5 Å². The Balaban J connectivity index is 2.25. The van der Waals surface area contributed by atoms with Crippen LogP contribution in [-0.2, 0) is 12.0 Å². The second kappa shape index (κ2) is 5.63. The van der Waals surface area contributed by atoms with Gasteiger partial charge in [0.05, 0.1) is 6.20 Å². The van der Waals surface area contributed by atoms with E-state index < -0.39 is 0 Å². The molecule has 2 aromatic rings. The zero-order chi connectivity index (χ0) is 14.8. The molecule has 20 heavy (non-hydrogen) atoms. The van der Waals surface area contributed by atoms with E-state index in [0.29, 0.717) is 6.54 Å². The van der Waals surface area contributed by atoms with Gasteiger partial charge in [-0.05, 0) is 41.2 Å². The first-order chi connectivity index (χ1) is 9.40. The summed E-state index contributed by atoms with van der Waals surface area (Å²) in [6.45, 7) is 9.14. The molecule has 0 fully saturated rings. The molecule has 0 amide bonds. The third-order valence-electron chi connectivity index (χ3n) is 3.27. The topological polar surface area (TPSA) is 48.1 Å². The van der Waals surface area contributed by atoms with Crippen molar-refractivity contribution in [1.29, 1.82) is 0 Å². The molecule has 3 nitrogen and oxygen atoms in total. The van der Waals surface area contributed by atoms with Crippen LogP contribution in [0.15, 0.2) is 36.7 Å². The van der Waals surface area contributed by atoms with Gasteiger partial charge in [-0.25, -0.2) is 0 Å². The van der Waals surface area contributed by atoms with Crippen molar-refractivity contribution in [2.24, 2.45) is 5.73 Å².